The topological polar surface area (TPSA) is 71.1 Å². The zero-order valence-corrected chi connectivity index (χ0v) is 15.0. The number of anilines is 2. The highest BCUT2D eigenvalue weighted by Crippen LogP contribution is 2.26. The van der Waals surface area contributed by atoms with Gasteiger partial charge in [-0.15, -0.1) is 11.3 Å². The Morgan fingerprint density at radius 1 is 0.966 bits per heavy atom. The molecule has 29 heavy (non-hydrogen) atoms. The molecule has 0 atom stereocenters. The third-order valence-electron chi connectivity index (χ3n) is 3.60. The van der Waals surface area contributed by atoms with Crippen LogP contribution in [0.25, 0.3) is 11.3 Å². The number of carbonyl (C=O) groups is 2. The quantitative estimate of drug-likeness (QED) is 0.586. The molecule has 11 heteroatoms. The monoisotopic (exact) mass is 427 g/mol. The standard InChI is InChI=1S/C18H10F5N3O2S/c19-11-4-1-9(2-5-11)14-8-29-17(25-14)26-15(27)10-3-6-12(20)13(7-10)24-16(28)18(21,22)23/h1-8H,(H,24,28)(H,25,26,27). The number of nitrogens with zero attached hydrogens (tertiary/aromatic N) is 1. The van der Waals surface area contributed by atoms with Gasteiger partial charge in [0.2, 0.25) is 0 Å². The first-order valence-corrected chi connectivity index (χ1v) is 8.72. The molecule has 5 nitrogen and oxygen atoms in total. The van der Waals surface area contributed by atoms with Gasteiger partial charge in [0.25, 0.3) is 5.91 Å². The van der Waals surface area contributed by atoms with Crippen molar-refractivity contribution in [1.82, 2.24) is 4.98 Å². The van der Waals surface area contributed by atoms with Crippen molar-refractivity contribution < 1.29 is 31.5 Å². The number of benzene rings is 2. The third kappa shape index (κ3) is 4.93. The predicted molar refractivity (Wildman–Crippen MR) is 96.5 cm³/mol. The number of alkyl halides is 3. The number of rotatable bonds is 4. The van der Waals surface area contributed by atoms with Crippen LogP contribution in [-0.2, 0) is 4.79 Å². The fraction of sp³-hybridized carbons (Fsp3) is 0.0556. The number of carbonyl (C=O) groups excluding carboxylic acids is 2. The molecule has 0 aliphatic rings. The molecule has 0 unspecified atom stereocenters. The van der Waals surface area contributed by atoms with Gasteiger partial charge >= 0.3 is 12.1 Å². The molecule has 0 spiro atoms. The van der Waals surface area contributed by atoms with Gasteiger partial charge in [-0.3, -0.25) is 14.9 Å². The van der Waals surface area contributed by atoms with E-state index in [4.69, 9.17) is 0 Å². The molecular formula is C18H10F5N3O2S. The summed E-state index contributed by atoms with van der Waals surface area (Å²) in [5, 5.41) is 5.58. The fourth-order valence-corrected chi connectivity index (χ4v) is 2.92. The van der Waals surface area contributed by atoms with Crippen molar-refractivity contribution in [2.24, 2.45) is 0 Å². The Kier molecular flexibility index (Phi) is 5.59. The minimum Gasteiger partial charge on any atom is -0.316 e. The SMILES string of the molecule is O=C(Nc1nc(-c2ccc(F)cc2)cs1)c1ccc(F)c(NC(=O)C(F)(F)F)c1. The van der Waals surface area contributed by atoms with Crippen molar-refractivity contribution in [1.29, 1.82) is 0 Å². The molecule has 0 aliphatic carbocycles. The Morgan fingerprint density at radius 2 is 1.66 bits per heavy atom. The van der Waals surface area contributed by atoms with Crippen LogP contribution in [0, 0.1) is 11.6 Å². The highest BCUT2D eigenvalue weighted by Gasteiger charge is 2.39. The number of hydrogen-bond donors (Lipinski definition) is 2. The zero-order valence-electron chi connectivity index (χ0n) is 14.2. The normalized spacial score (nSPS) is 11.2. The minimum atomic E-state index is -5.21. The fourth-order valence-electron chi connectivity index (χ4n) is 2.21. The van der Waals surface area contributed by atoms with Gasteiger partial charge in [0.1, 0.15) is 11.6 Å². The number of aromatic nitrogens is 1. The van der Waals surface area contributed by atoms with E-state index in [9.17, 15) is 31.5 Å². The van der Waals surface area contributed by atoms with Gasteiger partial charge in [-0.25, -0.2) is 13.8 Å². The maximum Gasteiger partial charge on any atom is 0.471 e. The van der Waals surface area contributed by atoms with Crippen molar-refractivity contribution in [2.75, 3.05) is 10.6 Å². The van der Waals surface area contributed by atoms with Crippen molar-refractivity contribution in [2.45, 2.75) is 6.18 Å². The van der Waals surface area contributed by atoms with Gasteiger partial charge < -0.3 is 5.32 Å². The molecule has 0 fully saturated rings. The molecular weight excluding hydrogens is 417 g/mol. The van der Waals surface area contributed by atoms with Crippen LogP contribution in [-0.4, -0.2) is 23.0 Å². The first-order valence-electron chi connectivity index (χ1n) is 7.84. The first kappa shape index (κ1) is 20.4. The summed E-state index contributed by atoms with van der Waals surface area (Å²) >= 11 is 1.06. The first-order chi connectivity index (χ1) is 13.6. The summed E-state index contributed by atoms with van der Waals surface area (Å²) in [6, 6.07) is 8.10. The lowest BCUT2D eigenvalue weighted by atomic mass is 10.1. The highest BCUT2D eigenvalue weighted by molar-refractivity contribution is 7.14. The van der Waals surface area contributed by atoms with E-state index in [1.54, 1.807) is 5.38 Å². The zero-order chi connectivity index (χ0) is 21.2. The Hall–Kier alpha value is -3.34. The Labute approximate surface area is 164 Å². The number of hydrogen-bond acceptors (Lipinski definition) is 4. The van der Waals surface area contributed by atoms with Crippen LogP contribution in [0.15, 0.2) is 47.8 Å². The third-order valence-corrected chi connectivity index (χ3v) is 4.36. The number of nitrogens with one attached hydrogen (secondary N) is 2. The van der Waals surface area contributed by atoms with E-state index < -0.39 is 35.3 Å². The lowest BCUT2D eigenvalue weighted by molar-refractivity contribution is -0.167. The maximum atomic E-state index is 13.7. The molecule has 3 aromatic rings. The average molecular weight is 427 g/mol. The van der Waals surface area contributed by atoms with E-state index in [2.05, 4.69) is 10.3 Å². The summed E-state index contributed by atoms with van der Waals surface area (Å²) in [5.41, 5.74) is 0.109. The molecule has 0 bridgehead atoms. The lowest BCUT2D eigenvalue weighted by Gasteiger charge is -2.10. The Balaban J connectivity index is 1.75. The summed E-state index contributed by atoms with van der Waals surface area (Å²) in [6.45, 7) is 0. The Morgan fingerprint density at radius 3 is 2.31 bits per heavy atom. The number of amides is 2. The summed E-state index contributed by atoms with van der Waals surface area (Å²) in [6.07, 6.45) is -5.21. The molecule has 0 saturated heterocycles. The summed E-state index contributed by atoms with van der Waals surface area (Å²) < 4.78 is 63.7. The molecule has 0 radical (unpaired) electrons. The molecule has 0 aliphatic heterocycles. The van der Waals surface area contributed by atoms with Crippen molar-refractivity contribution in [3.63, 3.8) is 0 Å². The molecule has 2 amide bonds. The van der Waals surface area contributed by atoms with Crippen LogP contribution < -0.4 is 10.6 Å². The van der Waals surface area contributed by atoms with Crippen LogP contribution in [0.2, 0.25) is 0 Å². The van der Waals surface area contributed by atoms with E-state index >= 15 is 0 Å². The second kappa shape index (κ2) is 7.95. The van der Waals surface area contributed by atoms with Gasteiger partial charge in [-0.05, 0) is 42.5 Å². The molecule has 1 aromatic heterocycles. The lowest BCUT2D eigenvalue weighted by Crippen LogP contribution is -2.30. The van der Waals surface area contributed by atoms with E-state index in [1.807, 2.05) is 0 Å². The predicted octanol–water partition coefficient (Wildman–Crippen LogP) is 4.84. The second-order valence-electron chi connectivity index (χ2n) is 5.65. The average Bonchev–Trinajstić information content (AvgIpc) is 3.11. The van der Waals surface area contributed by atoms with Crippen LogP contribution in [0.3, 0.4) is 0 Å². The van der Waals surface area contributed by atoms with Crippen LogP contribution in [0.4, 0.5) is 32.8 Å². The molecule has 3 rings (SSSR count). The van der Waals surface area contributed by atoms with E-state index in [-0.39, 0.29) is 10.7 Å². The second-order valence-corrected chi connectivity index (χ2v) is 6.50. The molecule has 150 valence electrons. The molecule has 2 N–H and O–H groups in total. The van der Waals surface area contributed by atoms with Gasteiger partial charge in [-0.1, -0.05) is 0 Å². The van der Waals surface area contributed by atoms with Crippen molar-refractivity contribution >= 4 is 34.0 Å². The van der Waals surface area contributed by atoms with Gasteiger partial charge in [0, 0.05) is 16.5 Å². The van der Waals surface area contributed by atoms with E-state index in [0.29, 0.717) is 11.3 Å². The van der Waals surface area contributed by atoms with Crippen LogP contribution >= 0.6 is 11.3 Å². The van der Waals surface area contributed by atoms with Crippen molar-refractivity contribution in [3.8, 4) is 11.3 Å². The number of thiazole rings is 1. The largest absolute Gasteiger partial charge is 0.471 e. The number of halogens is 5. The minimum absolute atomic E-state index is 0.166. The van der Waals surface area contributed by atoms with Gasteiger partial charge in [0.05, 0.1) is 11.4 Å². The molecule has 1 heterocycles. The molecule has 2 aromatic carbocycles. The van der Waals surface area contributed by atoms with Gasteiger partial charge in [-0.2, -0.15) is 13.2 Å². The summed E-state index contributed by atoms with van der Waals surface area (Å²) in [5.74, 6) is -4.68. The summed E-state index contributed by atoms with van der Waals surface area (Å²) in [4.78, 5) is 27.4. The van der Waals surface area contributed by atoms with Crippen molar-refractivity contribution in [3.05, 3.63) is 65.0 Å². The molecule has 0 saturated carbocycles. The smallest absolute Gasteiger partial charge is 0.316 e. The maximum absolute atomic E-state index is 13.7. The Bertz CT molecular complexity index is 1060. The van der Waals surface area contributed by atoms with Crippen LogP contribution in [0.5, 0.6) is 0 Å². The summed E-state index contributed by atoms with van der Waals surface area (Å²) in [7, 11) is 0. The van der Waals surface area contributed by atoms with Gasteiger partial charge in [0.15, 0.2) is 5.13 Å². The van der Waals surface area contributed by atoms with E-state index in [1.165, 1.54) is 29.6 Å². The highest BCUT2D eigenvalue weighted by atomic mass is 32.1. The van der Waals surface area contributed by atoms with Crippen LogP contribution in [0.1, 0.15) is 10.4 Å². The van der Waals surface area contributed by atoms with E-state index in [0.717, 1.165) is 29.5 Å².